The first-order valence-electron chi connectivity index (χ1n) is 10.5. The summed E-state index contributed by atoms with van der Waals surface area (Å²) in [5.41, 5.74) is 1.64. The summed E-state index contributed by atoms with van der Waals surface area (Å²) in [6.07, 6.45) is 6.68. The predicted molar refractivity (Wildman–Crippen MR) is 111 cm³/mol. The van der Waals surface area contributed by atoms with E-state index in [9.17, 15) is 0 Å². The molecule has 0 heterocycles. The van der Waals surface area contributed by atoms with Crippen molar-refractivity contribution in [2.24, 2.45) is 17.3 Å². The van der Waals surface area contributed by atoms with Crippen LogP contribution in [0.3, 0.4) is 0 Å². The van der Waals surface area contributed by atoms with Gasteiger partial charge in [-0.15, -0.1) is 0 Å². The van der Waals surface area contributed by atoms with E-state index in [1.807, 2.05) is 13.8 Å². The zero-order valence-corrected chi connectivity index (χ0v) is 18.1. The zero-order valence-electron chi connectivity index (χ0n) is 18.1. The molecule has 1 aliphatic carbocycles. The second-order valence-corrected chi connectivity index (χ2v) is 9.97. The first-order valence-corrected chi connectivity index (χ1v) is 10.5. The molecule has 1 unspecified atom stereocenters. The first-order chi connectivity index (χ1) is 12.1. The SMILES string of the molecule is CC(C)C(c1ccc(OC(C)(C)OCC2CCCCC2)cc1)C(C)(C)C. The zero-order chi connectivity index (χ0) is 19.4. The lowest BCUT2D eigenvalue weighted by atomic mass is 9.70. The van der Waals surface area contributed by atoms with Gasteiger partial charge in [0.05, 0.1) is 6.61 Å². The van der Waals surface area contributed by atoms with Gasteiger partial charge in [-0.25, -0.2) is 0 Å². The summed E-state index contributed by atoms with van der Waals surface area (Å²) in [6.45, 7) is 16.4. The minimum absolute atomic E-state index is 0.249. The molecule has 1 fully saturated rings. The molecule has 1 saturated carbocycles. The van der Waals surface area contributed by atoms with Crippen molar-refractivity contribution in [1.82, 2.24) is 0 Å². The molecular weight excluding hydrogens is 320 g/mol. The first kappa shape index (κ1) is 21.3. The summed E-state index contributed by atoms with van der Waals surface area (Å²) < 4.78 is 12.3. The summed E-state index contributed by atoms with van der Waals surface area (Å²) in [7, 11) is 0. The van der Waals surface area contributed by atoms with E-state index in [4.69, 9.17) is 9.47 Å². The molecule has 1 atom stereocenters. The van der Waals surface area contributed by atoms with Gasteiger partial charge in [0, 0.05) is 13.8 Å². The highest BCUT2D eigenvalue weighted by molar-refractivity contribution is 5.31. The number of rotatable bonds is 7. The Hall–Kier alpha value is -1.02. The molecule has 0 aromatic heterocycles. The van der Waals surface area contributed by atoms with Crippen LogP contribution >= 0.6 is 0 Å². The fourth-order valence-electron chi connectivity index (χ4n) is 4.61. The lowest BCUT2D eigenvalue weighted by Gasteiger charge is -2.35. The molecule has 0 spiro atoms. The van der Waals surface area contributed by atoms with E-state index < -0.39 is 5.79 Å². The standard InChI is InChI=1S/C24H40O2/c1-18(2)22(23(3,4)5)20-13-15-21(16-14-20)26-24(6,7)25-17-19-11-9-8-10-12-19/h13-16,18-19,22H,8-12,17H2,1-7H3. The molecule has 26 heavy (non-hydrogen) atoms. The van der Waals surface area contributed by atoms with E-state index in [0.29, 0.717) is 17.8 Å². The molecule has 0 radical (unpaired) electrons. The molecule has 1 aromatic rings. The van der Waals surface area contributed by atoms with Crippen LogP contribution in [0, 0.1) is 17.3 Å². The maximum Gasteiger partial charge on any atom is 0.204 e. The maximum absolute atomic E-state index is 6.15. The van der Waals surface area contributed by atoms with Gasteiger partial charge in [-0.1, -0.05) is 66.0 Å². The molecule has 0 aliphatic heterocycles. The van der Waals surface area contributed by atoms with E-state index in [-0.39, 0.29) is 5.41 Å². The molecule has 0 bridgehead atoms. The third kappa shape index (κ3) is 6.30. The van der Waals surface area contributed by atoms with Crippen molar-refractivity contribution in [2.75, 3.05) is 6.61 Å². The average Bonchev–Trinajstić information content (AvgIpc) is 2.54. The summed E-state index contributed by atoms with van der Waals surface area (Å²) >= 11 is 0. The topological polar surface area (TPSA) is 18.5 Å². The predicted octanol–water partition coefficient (Wildman–Crippen LogP) is 7.18. The Morgan fingerprint density at radius 3 is 2.00 bits per heavy atom. The van der Waals surface area contributed by atoms with Crippen LogP contribution in [0.25, 0.3) is 0 Å². The summed E-state index contributed by atoms with van der Waals surface area (Å²) in [6, 6.07) is 8.65. The molecule has 2 heteroatoms. The van der Waals surface area contributed by atoms with Gasteiger partial charge >= 0.3 is 0 Å². The number of benzene rings is 1. The third-order valence-electron chi connectivity index (χ3n) is 5.59. The molecular formula is C24H40O2. The number of hydrogen-bond donors (Lipinski definition) is 0. The molecule has 1 aliphatic rings. The van der Waals surface area contributed by atoms with E-state index in [2.05, 4.69) is 58.9 Å². The highest BCUT2D eigenvalue weighted by Crippen LogP contribution is 2.41. The van der Waals surface area contributed by atoms with Gasteiger partial charge in [-0.05, 0) is 53.7 Å². The Balaban J connectivity index is 1.96. The van der Waals surface area contributed by atoms with Gasteiger partial charge < -0.3 is 9.47 Å². The number of ether oxygens (including phenoxy) is 2. The second kappa shape index (κ2) is 8.78. The summed E-state index contributed by atoms with van der Waals surface area (Å²) in [5, 5.41) is 0. The quantitative estimate of drug-likeness (QED) is 0.479. The average molecular weight is 361 g/mol. The van der Waals surface area contributed by atoms with Crippen molar-refractivity contribution in [3.63, 3.8) is 0 Å². The van der Waals surface area contributed by atoms with Crippen LogP contribution in [0.1, 0.15) is 92.1 Å². The maximum atomic E-state index is 6.15. The Morgan fingerprint density at radius 1 is 0.923 bits per heavy atom. The molecule has 0 amide bonds. The molecule has 2 rings (SSSR count). The van der Waals surface area contributed by atoms with Crippen LogP contribution in [0.4, 0.5) is 0 Å². The van der Waals surface area contributed by atoms with E-state index in [0.717, 1.165) is 12.4 Å². The van der Waals surface area contributed by atoms with Crippen molar-refractivity contribution in [3.8, 4) is 5.75 Å². The lowest BCUT2D eigenvalue weighted by molar-refractivity contribution is -0.166. The minimum atomic E-state index is -0.583. The normalized spacial score (nSPS) is 18.2. The van der Waals surface area contributed by atoms with Gasteiger partial charge in [-0.2, -0.15) is 0 Å². The molecule has 1 aromatic carbocycles. The Kier molecular flexibility index (Phi) is 7.19. The smallest absolute Gasteiger partial charge is 0.204 e. The van der Waals surface area contributed by atoms with Gasteiger partial charge in [0.15, 0.2) is 0 Å². The van der Waals surface area contributed by atoms with Gasteiger partial charge in [0.25, 0.3) is 0 Å². The number of hydrogen-bond acceptors (Lipinski definition) is 2. The van der Waals surface area contributed by atoms with Crippen LogP contribution in [-0.2, 0) is 4.74 Å². The Bertz CT molecular complexity index is 530. The molecule has 0 saturated heterocycles. The monoisotopic (exact) mass is 360 g/mol. The fourth-order valence-corrected chi connectivity index (χ4v) is 4.61. The highest BCUT2D eigenvalue weighted by atomic mass is 16.7. The fraction of sp³-hybridized carbons (Fsp3) is 0.750. The molecule has 0 N–H and O–H groups in total. The Morgan fingerprint density at radius 2 is 1.50 bits per heavy atom. The van der Waals surface area contributed by atoms with Gasteiger partial charge in [0.1, 0.15) is 5.75 Å². The third-order valence-corrected chi connectivity index (χ3v) is 5.59. The van der Waals surface area contributed by atoms with Crippen molar-refractivity contribution in [2.45, 2.75) is 92.3 Å². The van der Waals surface area contributed by atoms with Gasteiger partial charge in [-0.3, -0.25) is 0 Å². The van der Waals surface area contributed by atoms with Gasteiger partial charge in [0.2, 0.25) is 5.79 Å². The highest BCUT2D eigenvalue weighted by Gasteiger charge is 2.29. The molecule has 148 valence electrons. The van der Waals surface area contributed by atoms with Crippen molar-refractivity contribution >= 4 is 0 Å². The summed E-state index contributed by atoms with van der Waals surface area (Å²) in [4.78, 5) is 0. The Labute approximate surface area is 161 Å². The summed E-state index contributed by atoms with van der Waals surface area (Å²) in [5.74, 6) is 2.15. The van der Waals surface area contributed by atoms with E-state index in [1.54, 1.807) is 0 Å². The van der Waals surface area contributed by atoms with Crippen LogP contribution in [0.15, 0.2) is 24.3 Å². The van der Waals surface area contributed by atoms with Crippen LogP contribution in [0.2, 0.25) is 0 Å². The van der Waals surface area contributed by atoms with Crippen LogP contribution in [0.5, 0.6) is 5.75 Å². The van der Waals surface area contributed by atoms with Crippen molar-refractivity contribution < 1.29 is 9.47 Å². The van der Waals surface area contributed by atoms with Crippen LogP contribution < -0.4 is 4.74 Å². The van der Waals surface area contributed by atoms with Crippen LogP contribution in [-0.4, -0.2) is 12.4 Å². The molecule has 2 nitrogen and oxygen atoms in total. The van der Waals surface area contributed by atoms with E-state index in [1.165, 1.54) is 37.7 Å². The van der Waals surface area contributed by atoms with Crippen molar-refractivity contribution in [3.05, 3.63) is 29.8 Å². The lowest BCUT2D eigenvalue weighted by Crippen LogP contribution is -2.34. The van der Waals surface area contributed by atoms with Crippen molar-refractivity contribution in [1.29, 1.82) is 0 Å². The minimum Gasteiger partial charge on any atom is -0.463 e. The van der Waals surface area contributed by atoms with E-state index >= 15 is 0 Å². The largest absolute Gasteiger partial charge is 0.463 e. The second-order valence-electron chi connectivity index (χ2n) is 9.97.